The molecule has 6 heteroatoms. The summed E-state index contributed by atoms with van der Waals surface area (Å²) in [6.45, 7) is 0.809. The van der Waals surface area contributed by atoms with Crippen LogP contribution in [-0.2, 0) is 11.2 Å². The zero-order valence-electron chi connectivity index (χ0n) is 13.8. The van der Waals surface area contributed by atoms with Gasteiger partial charge in [-0.05, 0) is 36.4 Å². The Morgan fingerprint density at radius 3 is 3.00 bits per heavy atom. The third-order valence-corrected chi connectivity index (χ3v) is 5.66. The topological polar surface area (TPSA) is 66.1 Å². The highest BCUT2D eigenvalue weighted by Crippen LogP contribution is 2.34. The number of benzene rings is 1. The standard InChI is InChI=1S/C19H19N3O2S/c23-18(22-11-3-7-15(22)16-8-4-12-25-16)10-9-17-20-14-6-2-1-5-13(14)19(24)21-17/h1-2,4-6,8,12,15H,3,7,9-11H2,(H,20,21,24)/t15-/m0/s1. The Labute approximate surface area is 149 Å². The molecule has 3 aromatic rings. The fourth-order valence-corrected chi connectivity index (χ4v) is 4.34. The van der Waals surface area contributed by atoms with Crippen molar-refractivity contribution in [2.75, 3.05) is 6.54 Å². The number of thiophene rings is 1. The largest absolute Gasteiger partial charge is 0.335 e. The van der Waals surface area contributed by atoms with Crippen molar-refractivity contribution in [3.8, 4) is 0 Å². The van der Waals surface area contributed by atoms with Crippen LogP contribution in [0.4, 0.5) is 0 Å². The molecule has 0 unspecified atom stereocenters. The summed E-state index contributed by atoms with van der Waals surface area (Å²) in [5, 5.41) is 2.63. The molecule has 0 saturated carbocycles. The van der Waals surface area contributed by atoms with E-state index in [0.717, 1.165) is 19.4 Å². The Kier molecular flexibility index (Phi) is 4.36. The molecule has 0 bridgehead atoms. The van der Waals surface area contributed by atoms with Gasteiger partial charge in [-0.15, -0.1) is 11.3 Å². The first kappa shape index (κ1) is 16.0. The minimum Gasteiger partial charge on any atom is -0.335 e. The van der Waals surface area contributed by atoms with Crippen LogP contribution in [0.2, 0.25) is 0 Å². The van der Waals surface area contributed by atoms with E-state index in [1.165, 1.54) is 4.88 Å². The van der Waals surface area contributed by atoms with Crippen LogP contribution in [0.3, 0.4) is 0 Å². The molecule has 1 amide bonds. The lowest BCUT2D eigenvalue weighted by Gasteiger charge is -2.23. The maximum absolute atomic E-state index is 12.7. The summed E-state index contributed by atoms with van der Waals surface area (Å²) >= 11 is 1.71. The number of carbonyl (C=O) groups is 1. The number of H-pyrrole nitrogens is 1. The van der Waals surface area contributed by atoms with Crippen LogP contribution < -0.4 is 5.56 Å². The van der Waals surface area contributed by atoms with Crippen molar-refractivity contribution in [2.45, 2.75) is 31.7 Å². The van der Waals surface area contributed by atoms with Crippen molar-refractivity contribution in [2.24, 2.45) is 0 Å². The number of para-hydroxylation sites is 1. The first-order chi connectivity index (χ1) is 12.2. The first-order valence-electron chi connectivity index (χ1n) is 8.53. The molecule has 128 valence electrons. The molecule has 1 N–H and O–H groups in total. The third-order valence-electron chi connectivity index (χ3n) is 4.68. The van der Waals surface area contributed by atoms with Gasteiger partial charge >= 0.3 is 0 Å². The van der Waals surface area contributed by atoms with Gasteiger partial charge in [0, 0.05) is 24.3 Å². The maximum atomic E-state index is 12.7. The van der Waals surface area contributed by atoms with Crippen LogP contribution >= 0.6 is 11.3 Å². The summed E-state index contributed by atoms with van der Waals surface area (Å²) < 4.78 is 0. The average Bonchev–Trinajstić information content (AvgIpc) is 3.30. The lowest BCUT2D eigenvalue weighted by molar-refractivity contribution is -0.132. The number of aryl methyl sites for hydroxylation is 1. The summed E-state index contributed by atoms with van der Waals surface area (Å²) in [5.74, 6) is 0.704. The SMILES string of the molecule is O=C(CCc1nc2ccccc2c(=O)[nH]1)N1CCC[C@H]1c1cccs1. The predicted molar refractivity (Wildman–Crippen MR) is 98.7 cm³/mol. The number of hydrogen-bond donors (Lipinski definition) is 1. The van der Waals surface area contributed by atoms with Gasteiger partial charge in [-0.25, -0.2) is 4.98 Å². The number of rotatable bonds is 4. The van der Waals surface area contributed by atoms with Crippen molar-refractivity contribution in [3.63, 3.8) is 0 Å². The van der Waals surface area contributed by atoms with Crippen LogP contribution in [0.5, 0.6) is 0 Å². The second-order valence-corrected chi connectivity index (χ2v) is 7.27. The molecule has 5 nitrogen and oxygen atoms in total. The smallest absolute Gasteiger partial charge is 0.258 e. The molecule has 0 aliphatic carbocycles. The molecule has 1 saturated heterocycles. The van der Waals surface area contributed by atoms with Gasteiger partial charge in [0.2, 0.25) is 5.91 Å². The van der Waals surface area contributed by atoms with E-state index in [0.29, 0.717) is 29.6 Å². The molecular weight excluding hydrogens is 334 g/mol. The monoisotopic (exact) mass is 353 g/mol. The highest BCUT2D eigenvalue weighted by molar-refractivity contribution is 7.10. The Bertz CT molecular complexity index is 949. The minimum absolute atomic E-state index is 0.131. The van der Waals surface area contributed by atoms with E-state index in [1.54, 1.807) is 17.4 Å². The molecule has 1 aliphatic heterocycles. The van der Waals surface area contributed by atoms with E-state index in [4.69, 9.17) is 0 Å². The van der Waals surface area contributed by atoms with Gasteiger partial charge in [0.05, 0.1) is 16.9 Å². The van der Waals surface area contributed by atoms with Gasteiger partial charge in [-0.1, -0.05) is 18.2 Å². The highest BCUT2D eigenvalue weighted by Gasteiger charge is 2.30. The molecule has 1 fully saturated rings. The van der Waals surface area contributed by atoms with Crippen LogP contribution in [-0.4, -0.2) is 27.3 Å². The molecular formula is C19H19N3O2S. The van der Waals surface area contributed by atoms with Crippen molar-refractivity contribution in [1.29, 1.82) is 0 Å². The number of nitrogens with one attached hydrogen (secondary N) is 1. The van der Waals surface area contributed by atoms with Gasteiger partial charge in [0.15, 0.2) is 0 Å². The van der Waals surface area contributed by atoms with E-state index in [2.05, 4.69) is 21.4 Å². The number of aromatic amines is 1. The summed E-state index contributed by atoms with van der Waals surface area (Å²) in [5.41, 5.74) is 0.525. The van der Waals surface area contributed by atoms with Crippen LogP contribution in [0.15, 0.2) is 46.6 Å². The molecule has 1 aromatic carbocycles. The fourth-order valence-electron chi connectivity index (χ4n) is 3.46. The summed E-state index contributed by atoms with van der Waals surface area (Å²) in [7, 11) is 0. The number of aromatic nitrogens is 2. The van der Waals surface area contributed by atoms with E-state index < -0.39 is 0 Å². The van der Waals surface area contributed by atoms with Gasteiger partial charge in [0.1, 0.15) is 5.82 Å². The number of carbonyl (C=O) groups excluding carboxylic acids is 1. The molecule has 25 heavy (non-hydrogen) atoms. The van der Waals surface area contributed by atoms with Crippen molar-refractivity contribution < 1.29 is 4.79 Å². The molecule has 0 spiro atoms. The Balaban J connectivity index is 1.48. The van der Waals surface area contributed by atoms with Gasteiger partial charge in [-0.3, -0.25) is 9.59 Å². The summed E-state index contributed by atoms with van der Waals surface area (Å²) in [6, 6.07) is 11.6. The van der Waals surface area contributed by atoms with E-state index in [9.17, 15) is 9.59 Å². The Hall–Kier alpha value is -2.47. The quantitative estimate of drug-likeness (QED) is 0.783. The van der Waals surface area contributed by atoms with Crippen LogP contribution in [0.1, 0.15) is 36.0 Å². The zero-order valence-corrected chi connectivity index (χ0v) is 14.6. The number of fused-ring (bicyclic) bond motifs is 1. The van der Waals surface area contributed by atoms with E-state index in [-0.39, 0.29) is 17.5 Å². The molecule has 1 atom stereocenters. The van der Waals surface area contributed by atoms with Crippen LogP contribution in [0, 0.1) is 0 Å². The van der Waals surface area contributed by atoms with Crippen LogP contribution in [0.25, 0.3) is 10.9 Å². The third kappa shape index (κ3) is 3.22. The molecule has 4 rings (SSSR count). The Morgan fingerprint density at radius 1 is 1.28 bits per heavy atom. The fraction of sp³-hybridized carbons (Fsp3) is 0.316. The minimum atomic E-state index is -0.148. The number of nitrogens with zero attached hydrogens (tertiary/aromatic N) is 2. The van der Waals surface area contributed by atoms with Crippen molar-refractivity contribution in [1.82, 2.24) is 14.9 Å². The summed E-state index contributed by atoms with van der Waals surface area (Å²) in [4.78, 5) is 35.3. The van der Waals surface area contributed by atoms with E-state index in [1.807, 2.05) is 29.2 Å². The Morgan fingerprint density at radius 2 is 2.16 bits per heavy atom. The maximum Gasteiger partial charge on any atom is 0.258 e. The van der Waals surface area contributed by atoms with Crippen molar-refractivity contribution in [3.05, 3.63) is 62.8 Å². The van der Waals surface area contributed by atoms with E-state index >= 15 is 0 Å². The zero-order chi connectivity index (χ0) is 17.2. The van der Waals surface area contributed by atoms with Gasteiger partial charge in [-0.2, -0.15) is 0 Å². The van der Waals surface area contributed by atoms with Crippen molar-refractivity contribution >= 4 is 28.1 Å². The predicted octanol–water partition coefficient (Wildman–Crippen LogP) is 3.28. The number of likely N-dealkylation sites (tertiary alicyclic amines) is 1. The van der Waals surface area contributed by atoms with Gasteiger partial charge < -0.3 is 9.88 Å². The first-order valence-corrected chi connectivity index (χ1v) is 9.41. The lowest BCUT2D eigenvalue weighted by Crippen LogP contribution is -2.30. The molecule has 3 heterocycles. The lowest BCUT2D eigenvalue weighted by atomic mass is 10.1. The van der Waals surface area contributed by atoms with Gasteiger partial charge in [0.25, 0.3) is 5.56 Å². The second kappa shape index (κ2) is 6.80. The second-order valence-electron chi connectivity index (χ2n) is 6.29. The average molecular weight is 353 g/mol. The molecule has 2 aromatic heterocycles. The highest BCUT2D eigenvalue weighted by atomic mass is 32.1. The number of amides is 1. The molecule has 0 radical (unpaired) electrons. The normalized spacial score (nSPS) is 17.3. The number of hydrogen-bond acceptors (Lipinski definition) is 4. The summed E-state index contributed by atoms with van der Waals surface area (Å²) in [6.07, 6.45) is 2.88. The molecule has 1 aliphatic rings.